The Labute approximate surface area is 431 Å². The molecule has 3 saturated carbocycles. The second-order valence-corrected chi connectivity index (χ2v) is 23.7. The van der Waals surface area contributed by atoms with Gasteiger partial charge in [0.15, 0.2) is 0 Å². The van der Waals surface area contributed by atoms with Crippen LogP contribution >= 0.6 is 11.3 Å². The number of nitrogens with one attached hydrogen (secondary N) is 2. The van der Waals surface area contributed by atoms with Gasteiger partial charge in [0.1, 0.15) is 28.8 Å². The number of piperazine rings is 1. The zero-order valence-corrected chi connectivity index (χ0v) is 43.9. The van der Waals surface area contributed by atoms with E-state index in [0.717, 1.165) is 95.4 Å². The van der Waals surface area contributed by atoms with Crippen molar-refractivity contribution in [1.82, 2.24) is 35.2 Å². The van der Waals surface area contributed by atoms with Gasteiger partial charge in [-0.2, -0.15) is 0 Å². The van der Waals surface area contributed by atoms with E-state index in [1.165, 1.54) is 24.2 Å². The van der Waals surface area contributed by atoms with Gasteiger partial charge in [-0.05, 0) is 107 Å². The first kappa shape index (κ1) is 49.4. The van der Waals surface area contributed by atoms with Crippen LogP contribution in [0.25, 0.3) is 33.4 Å². The van der Waals surface area contributed by atoms with Crippen molar-refractivity contribution in [3.05, 3.63) is 52.1 Å². The molecule has 7 aliphatic heterocycles. The van der Waals surface area contributed by atoms with E-state index in [0.29, 0.717) is 76.0 Å². The molecule has 10 aliphatic rings. The summed E-state index contributed by atoms with van der Waals surface area (Å²) in [6.45, 7) is 15.6. The largest absolute Gasteiger partial charge is 0.464 e. The summed E-state index contributed by atoms with van der Waals surface area (Å²) in [6, 6.07) is 7.57. The van der Waals surface area contributed by atoms with Crippen molar-refractivity contribution in [2.24, 2.45) is 17.3 Å². The van der Waals surface area contributed by atoms with E-state index in [-0.39, 0.29) is 49.2 Å². The van der Waals surface area contributed by atoms with Crippen molar-refractivity contribution < 1.29 is 42.8 Å². The summed E-state index contributed by atoms with van der Waals surface area (Å²) < 4.78 is 39.8. The molecule has 17 nitrogen and oxygen atoms in total. The maximum atomic E-state index is 15.1. The van der Waals surface area contributed by atoms with Crippen LogP contribution in [0.5, 0.6) is 0 Å². The van der Waals surface area contributed by atoms with Gasteiger partial charge in [0.05, 0.1) is 61.0 Å². The van der Waals surface area contributed by atoms with E-state index < -0.39 is 35.2 Å². The number of amides is 2. The molecular weight excluding hydrogens is 949 g/mol. The topological polar surface area (TPSA) is 171 Å². The van der Waals surface area contributed by atoms with Crippen molar-refractivity contribution in [3.63, 3.8) is 0 Å². The van der Waals surface area contributed by atoms with Crippen molar-refractivity contribution in [1.29, 1.82) is 0 Å². The van der Waals surface area contributed by atoms with E-state index in [9.17, 15) is 9.59 Å². The predicted octanol–water partition coefficient (Wildman–Crippen LogP) is 6.38. The number of fused-ring (bicyclic) bond motifs is 5. The summed E-state index contributed by atoms with van der Waals surface area (Å²) in [4.78, 5) is 59.4. The number of anilines is 1. The third-order valence-corrected chi connectivity index (χ3v) is 18.1. The number of carbonyl (C=O) groups excluding carboxylic acids is 3. The van der Waals surface area contributed by atoms with Crippen molar-refractivity contribution >= 4 is 45.7 Å². The Kier molecular flexibility index (Phi) is 13.4. The molecule has 9 fully saturated rings. The van der Waals surface area contributed by atoms with Crippen LogP contribution in [0.15, 0.2) is 35.8 Å². The number of nitrogens with zero attached hydrogens (tertiary/aromatic N) is 6. The molecular formula is C55H72N8O9S. The molecule has 1 aromatic carbocycles. The van der Waals surface area contributed by atoms with Crippen LogP contribution in [0.2, 0.25) is 0 Å². The highest BCUT2D eigenvalue weighted by molar-refractivity contribution is 7.10. The summed E-state index contributed by atoms with van der Waals surface area (Å²) in [5.41, 5.74) is 9.57. The van der Waals surface area contributed by atoms with Crippen LogP contribution in [0.1, 0.15) is 108 Å². The number of methoxy groups -OCH3 is 1. The minimum atomic E-state index is -1.15. The minimum Gasteiger partial charge on any atom is -0.464 e. The lowest BCUT2D eigenvalue weighted by Crippen LogP contribution is -2.72. The summed E-state index contributed by atoms with van der Waals surface area (Å²) in [5.74, 6) is -0.741. The van der Waals surface area contributed by atoms with Crippen molar-refractivity contribution in [2.45, 2.75) is 140 Å². The SMILES string of the molecule is CCO[C@@H]1c2nc(cs2)-c2ccc3c(c2)c(c(-c2cc(N4CCN(C5CC5)CC4)cnc2[C@H](C)OC)n3CCOC2CCOCC2)CC(C)(C)COC(=O)[C@H]2NN(C(=O)[C@H]1NC(=O)C13CC(CO1)C3)C1CC2C1. The Balaban J connectivity index is 0.994. The third kappa shape index (κ3) is 9.39. The molecule has 10 heterocycles. The van der Waals surface area contributed by atoms with Gasteiger partial charge >= 0.3 is 5.97 Å². The molecule has 2 amide bonds. The molecule has 10 bridgehead atoms. The van der Waals surface area contributed by atoms with Crippen molar-refractivity contribution in [2.75, 3.05) is 77.8 Å². The number of benzene rings is 1. The number of esters is 1. The summed E-state index contributed by atoms with van der Waals surface area (Å²) in [5, 5.41) is 8.33. The lowest BCUT2D eigenvalue weighted by molar-refractivity contribution is -0.173. The van der Waals surface area contributed by atoms with Gasteiger partial charge in [0.25, 0.3) is 11.8 Å². The van der Waals surface area contributed by atoms with Gasteiger partial charge in [-0.25, -0.2) is 10.4 Å². The zero-order chi connectivity index (χ0) is 50.2. The lowest BCUT2D eigenvalue weighted by atomic mass is 9.73. The molecule has 2 N–H and O–H groups in total. The first-order valence-corrected chi connectivity index (χ1v) is 27.9. The number of aromatic nitrogens is 3. The highest BCUT2D eigenvalue weighted by Crippen LogP contribution is 2.49. The predicted molar refractivity (Wildman–Crippen MR) is 275 cm³/mol. The smallest absolute Gasteiger partial charge is 0.325 e. The number of cyclic esters (lactones) is 1. The Morgan fingerprint density at radius 1 is 1.03 bits per heavy atom. The van der Waals surface area contributed by atoms with E-state index in [1.54, 1.807) is 12.1 Å². The Morgan fingerprint density at radius 2 is 1.82 bits per heavy atom. The van der Waals surface area contributed by atoms with Gasteiger partial charge in [0, 0.05) is 105 Å². The first-order chi connectivity index (χ1) is 35.4. The molecule has 392 valence electrons. The fourth-order valence-electron chi connectivity index (χ4n) is 12.7. The van der Waals surface area contributed by atoms with Crippen LogP contribution in [0.4, 0.5) is 5.69 Å². The number of hydrazine groups is 1. The minimum absolute atomic E-state index is 0.00852. The number of ether oxygens (including phenoxy) is 6. The number of pyridine rings is 1. The van der Waals surface area contributed by atoms with E-state index in [1.807, 2.05) is 18.5 Å². The number of carbonyl (C=O) groups is 3. The molecule has 0 radical (unpaired) electrons. The van der Waals surface area contributed by atoms with Gasteiger partial charge in [-0.3, -0.25) is 29.3 Å². The van der Waals surface area contributed by atoms with Gasteiger partial charge in [-0.15, -0.1) is 11.3 Å². The zero-order valence-electron chi connectivity index (χ0n) is 43.1. The average Bonchev–Trinajstić information content (AvgIpc) is 3.64. The monoisotopic (exact) mass is 1020 g/mol. The molecule has 6 saturated heterocycles. The van der Waals surface area contributed by atoms with Gasteiger partial charge < -0.3 is 43.2 Å². The number of hydrogen-bond acceptors (Lipinski definition) is 15. The number of thiazole rings is 1. The highest BCUT2D eigenvalue weighted by atomic mass is 32.1. The average molecular weight is 1020 g/mol. The summed E-state index contributed by atoms with van der Waals surface area (Å²) in [6.07, 6.45) is 8.33. The van der Waals surface area contributed by atoms with Crippen LogP contribution in [0.3, 0.4) is 0 Å². The quantitative estimate of drug-likeness (QED) is 0.142. The van der Waals surface area contributed by atoms with E-state index >= 15 is 4.79 Å². The van der Waals surface area contributed by atoms with E-state index in [4.69, 9.17) is 38.4 Å². The molecule has 0 spiro atoms. The maximum absolute atomic E-state index is 15.1. The highest BCUT2D eigenvalue weighted by Gasteiger charge is 2.59. The second-order valence-electron chi connectivity index (χ2n) is 22.8. The molecule has 4 atom stereocenters. The normalized spacial score (nSPS) is 29.9. The van der Waals surface area contributed by atoms with Crippen LogP contribution < -0.4 is 15.6 Å². The molecule has 4 aromatic rings. The molecule has 73 heavy (non-hydrogen) atoms. The summed E-state index contributed by atoms with van der Waals surface area (Å²) >= 11 is 1.41. The molecule has 14 rings (SSSR count). The fraction of sp³-hybridized carbons (Fsp3) is 0.655. The Hall–Kier alpha value is -4.53. The van der Waals surface area contributed by atoms with Crippen LogP contribution in [-0.4, -0.2) is 151 Å². The number of hydrogen-bond donors (Lipinski definition) is 2. The van der Waals surface area contributed by atoms with Crippen molar-refractivity contribution in [3.8, 4) is 22.5 Å². The van der Waals surface area contributed by atoms with E-state index in [2.05, 4.69) is 70.1 Å². The molecule has 18 heteroatoms. The fourth-order valence-corrected chi connectivity index (χ4v) is 13.6. The maximum Gasteiger partial charge on any atom is 0.325 e. The van der Waals surface area contributed by atoms with Crippen LogP contribution in [0, 0.1) is 17.3 Å². The molecule has 3 aromatic heterocycles. The number of rotatable bonds is 13. The van der Waals surface area contributed by atoms with Crippen LogP contribution in [-0.2, 0) is 55.8 Å². The van der Waals surface area contributed by atoms with Gasteiger partial charge in [-0.1, -0.05) is 19.9 Å². The Bertz CT molecular complexity index is 2710. The first-order valence-electron chi connectivity index (χ1n) is 27.0. The Morgan fingerprint density at radius 3 is 2.55 bits per heavy atom. The van der Waals surface area contributed by atoms with Gasteiger partial charge in [0.2, 0.25) is 0 Å². The standard InChI is InChI=1S/C55H72N8O9S/c1-6-69-49-47(58-53(66)55-25-33(26-55)29-72-55)51(64)63-37-21-35(22-37)46(59-63)52(65)71-31-54(3,4)27-42-40-23-34(43-30-73-50(49)57-43)7-10-44(40)62(17-20-70-39-11-18-68-19-12-39)48(42)41-24-38(28-56-45(41)32(2)67-5)61-15-13-60(14-16-61)36-8-9-36/h7,10,23-24,28,30,32-33,35-37,39,46-47,49,59H,6,8-9,11-22,25-27,29,31H2,1-5H3,(H,58,66)/t32-,33?,35?,37?,46-,47-,49-,55?/m0/s1. The third-order valence-electron chi connectivity index (χ3n) is 17.2. The summed E-state index contributed by atoms with van der Waals surface area (Å²) in [7, 11) is 1.74. The second kappa shape index (κ2) is 19.9. The molecule has 0 unspecified atom stereocenters. The molecule has 3 aliphatic carbocycles. The lowest BCUT2D eigenvalue weighted by Gasteiger charge is -2.53.